The monoisotopic (exact) mass is 177 g/mol. The quantitative estimate of drug-likeness (QED) is 0.298. The summed E-state index contributed by atoms with van der Waals surface area (Å²) in [6, 6.07) is 0. The van der Waals surface area contributed by atoms with Gasteiger partial charge in [0.1, 0.15) is 12.5 Å². The van der Waals surface area contributed by atoms with Crippen LogP contribution in [-0.4, -0.2) is 35.8 Å². The van der Waals surface area contributed by atoms with E-state index in [1.165, 1.54) is 0 Å². The Kier molecular flexibility index (Phi) is 7.33. The molecule has 0 saturated carbocycles. The normalized spacial score (nSPS) is 16.0. The van der Waals surface area contributed by atoms with E-state index in [0.717, 1.165) is 6.42 Å². The Morgan fingerprint density at radius 2 is 1.58 bits per heavy atom. The van der Waals surface area contributed by atoms with Crippen molar-refractivity contribution in [2.75, 3.05) is 13.1 Å². The molecule has 5 heteroatoms. The molecule has 0 aliphatic heterocycles. The van der Waals surface area contributed by atoms with Gasteiger partial charge in [-0.05, 0) is 32.4 Å². The van der Waals surface area contributed by atoms with Crippen LogP contribution in [-0.2, 0) is 0 Å². The highest BCUT2D eigenvalue weighted by molar-refractivity contribution is 4.58. The lowest BCUT2D eigenvalue weighted by Gasteiger charge is -2.16. The maximum Gasteiger partial charge on any atom is 0.108 e. The number of nitrogens with one attached hydrogen (secondary N) is 1. The Morgan fingerprint density at radius 1 is 1.00 bits per heavy atom. The second kappa shape index (κ2) is 7.45. The molecule has 0 heterocycles. The van der Waals surface area contributed by atoms with Crippen LogP contribution in [0.2, 0.25) is 0 Å². The van der Waals surface area contributed by atoms with Crippen LogP contribution in [0, 0.1) is 0 Å². The summed E-state index contributed by atoms with van der Waals surface area (Å²) in [5, 5.41) is 20.9. The fraction of sp³-hybridized carbons (Fsp3) is 1.00. The van der Waals surface area contributed by atoms with Gasteiger partial charge in [-0.2, -0.15) is 0 Å². The topological polar surface area (TPSA) is 105 Å². The van der Waals surface area contributed by atoms with E-state index in [1.54, 1.807) is 0 Å². The molecule has 0 bridgehead atoms. The molecule has 0 aliphatic rings. The average molecular weight is 177 g/mol. The average Bonchev–Trinajstić information content (AvgIpc) is 2.01. The molecule has 0 spiro atoms. The molecule has 0 aromatic rings. The molecule has 12 heavy (non-hydrogen) atoms. The van der Waals surface area contributed by atoms with Crippen molar-refractivity contribution < 1.29 is 10.2 Å². The van der Waals surface area contributed by atoms with Gasteiger partial charge in [0.15, 0.2) is 0 Å². The number of hydrogen-bond acceptors (Lipinski definition) is 5. The van der Waals surface area contributed by atoms with Crippen LogP contribution in [0.25, 0.3) is 0 Å². The zero-order chi connectivity index (χ0) is 9.40. The third-order valence-corrected chi connectivity index (χ3v) is 1.51. The Labute approximate surface area is 72.7 Å². The summed E-state index contributed by atoms with van der Waals surface area (Å²) >= 11 is 0. The molecule has 74 valence electrons. The van der Waals surface area contributed by atoms with Crippen molar-refractivity contribution >= 4 is 0 Å². The number of rotatable bonds is 7. The molecule has 0 saturated heterocycles. The van der Waals surface area contributed by atoms with E-state index < -0.39 is 12.5 Å². The highest BCUT2D eigenvalue weighted by Crippen LogP contribution is 1.94. The summed E-state index contributed by atoms with van der Waals surface area (Å²) in [7, 11) is 0. The number of aliphatic hydroxyl groups is 2. The van der Waals surface area contributed by atoms with Gasteiger partial charge in [-0.3, -0.25) is 5.32 Å². The van der Waals surface area contributed by atoms with Gasteiger partial charge in [-0.25, -0.2) is 0 Å². The third kappa shape index (κ3) is 6.51. The van der Waals surface area contributed by atoms with Gasteiger partial charge in [-0.15, -0.1) is 0 Å². The van der Waals surface area contributed by atoms with Crippen molar-refractivity contribution in [3.8, 4) is 0 Å². The summed E-state index contributed by atoms with van der Waals surface area (Å²) in [5.74, 6) is 0. The first-order valence-corrected chi connectivity index (χ1v) is 4.23. The number of hydrogen-bond donors (Lipinski definition) is 5. The third-order valence-electron chi connectivity index (χ3n) is 1.51. The molecule has 0 radical (unpaired) electrons. The number of nitrogens with two attached hydrogens (primary N) is 2. The molecule has 0 aromatic heterocycles. The maximum absolute atomic E-state index is 9.21. The van der Waals surface area contributed by atoms with Crippen LogP contribution < -0.4 is 16.8 Å². The first-order chi connectivity index (χ1) is 5.70. The Hall–Kier alpha value is -0.200. The van der Waals surface area contributed by atoms with Crippen molar-refractivity contribution in [3.63, 3.8) is 0 Å². The molecule has 0 aromatic carbocycles. The second-order valence-electron chi connectivity index (χ2n) is 2.71. The lowest BCUT2D eigenvalue weighted by molar-refractivity contribution is 0.0343. The highest BCUT2D eigenvalue weighted by Gasteiger charge is 2.07. The molecule has 0 rings (SSSR count). The molecular formula is C7H19N3O2. The van der Waals surface area contributed by atoms with E-state index in [4.69, 9.17) is 16.6 Å². The Bertz CT molecular complexity index is 103. The smallest absolute Gasteiger partial charge is 0.108 e. The minimum atomic E-state index is -0.720. The van der Waals surface area contributed by atoms with E-state index in [9.17, 15) is 5.11 Å². The fourth-order valence-electron chi connectivity index (χ4n) is 0.858. The van der Waals surface area contributed by atoms with Gasteiger partial charge in [0.25, 0.3) is 0 Å². The lowest BCUT2D eigenvalue weighted by Crippen LogP contribution is -2.39. The second-order valence-corrected chi connectivity index (χ2v) is 2.71. The first-order valence-electron chi connectivity index (χ1n) is 4.23. The maximum atomic E-state index is 9.21. The SMILES string of the molecule is NCCCC(O)N[C@@H](O)CCN. The lowest BCUT2D eigenvalue weighted by atomic mass is 10.2. The van der Waals surface area contributed by atoms with Crippen LogP contribution in [0.3, 0.4) is 0 Å². The Morgan fingerprint density at radius 3 is 2.08 bits per heavy atom. The fourth-order valence-corrected chi connectivity index (χ4v) is 0.858. The standard InChI is InChI=1S/C7H19N3O2/c8-4-1-2-6(11)10-7(12)3-5-9/h6-7,10-12H,1-5,8-9H2/t6?,7-/m0/s1. The highest BCUT2D eigenvalue weighted by atomic mass is 16.3. The van der Waals surface area contributed by atoms with Gasteiger partial charge in [0.05, 0.1) is 0 Å². The van der Waals surface area contributed by atoms with Crippen molar-refractivity contribution in [1.82, 2.24) is 5.32 Å². The Balaban J connectivity index is 3.33. The van der Waals surface area contributed by atoms with Crippen molar-refractivity contribution in [3.05, 3.63) is 0 Å². The van der Waals surface area contributed by atoms with E-state index in [2.05, 4.69) is 5.32 Å². The van der Waals surface area contributed by atoms with Gasteiger partial charge < -0.3 is 21.7 Å². The zero-order valence-corrected chi connectivity index (χ0v) is 7.24. The van der Waals surface area contributed by atoms with Crippen LogP contribution in [0.1, 0.15) is 19.3 Å². The largest absolute Gasteiger partial charge is 0.379 e. The molecule has 0 aliphatic carbocycles. The molecule has 5 nitrogen and oxygen atoms in total. The van der Waals surface area contributed by atoms with Gasteiger partial charge >= 0.3 is 0 Å². The van der Waals surface area contributed by atoms with Crippen molar-refractivity contribution in [2.45, 2.75) is 31.7 Å². The van der Waals surface area contributed by atoms with Crippen LogP contribution in [0.5, 0.6) is 0 Å². The molecule has 0 amide bonds. The van der Waals surface area contributed by atoms with E-state index in [-0.39, 0.29) is 0 Å². The zero-order valence-electron chi connectivity index (χ0n) is 7.24. The van der Waals surface area contributed by atoms with Crippen LogP contribution in [0.15, 0.2) is 0 Å². The summed E-state index contributed by atoms with van der Waals surface area (Å²) in [5.41, 5.74) is 10.4. The van der Waals surface area contributed by atoms with E-state index in [0.29, 0.717) is 25.9 Å². The van der Waals surface area contributed by atoms with Crippen molar-refractivity contribution in [1.29, 1.82) is 0 Å². The van der Waals surface area contributed by atoms with Crippen LogP contribution >= 0.6 is 0 Å². The van der Waals surface area contributed by atoms with Crippen LogP contribution in [0.4, 0.5) is 0 Å². The van der Waals surface area contributed by atoms with Gasteiger partial charge in [0.2, 0.25) is 0 Å². The summed E-state index contributed by atoms with van der Waals surface area (Å²) in [4.78, 5) is 0. The molecule has 0 fully saturated rings. The molecule has 1 unspecified atom stereocenters. The number of aliphatic hydroxyl groups excluding tert-OH is 2. The first kappa shape index (κ1) is 11.8. The summed E-state index contributed by atoms with van der Waals surface area (Å²) < 4.78 is 0. The molecule has 2 atom stereocenters. The molecular weight excluding hydrogens is 158 g/mol. The summed E-state index contributed by atoms with van der Waals surface area (Å²) in [6.07, 6.45) is 0.333. The van der Waals surface area contributed by atoms with E-state index >= 15 is 0 Å². The minimum absolute atomic E-state index is 0.401. The van der Waals surface area contributed by atoms with Gasteiger partial charge in [-0.1, -0.05) is 0 Å². The van der Waals surface area contributed by atoms with Gasteiger partial charge in [0, 0.05) is 0 Å². The molecule has 7 N–H and O–H groups in total. The predicted octanol–water partition coefficient (Wildman–Crippen LogP) is -1.70. The van der Waals surface area contributed by atoms with E-state index in [1.807, 2.05) is 0 Å². The van der Waals surface area contributed by atoms with Crippen molar-refractivity contribution in [2.24, 2.45) is 11.5 Å². The minimum Gasteiger partial charge on any atom is -0.379 e. The summed E-state index contributed by atoms with van der Waals surface area (Å²) in [6.45, 7) is 0.948. The predicted molar refractivity (Wildman–Crippen MR) is 47.1 cm³/mol.